The second kappa shape index (κ2) is 7.60. The van der Waals surface area contributed by atoms with Crippen molar-refractivity contribution in [3.63, 3.8) is 0 Å². The number of rotatable bonds is 7. The highest BCUT2D eigenvalue weighted by molar-refractivity contribution is 5.91. The van der Waals surface area contributed by atoms with Crippen LogP contribution >= 0.6 is 0 Å². The fourth-order valence-corrected chi connectivity index (χ4v) is 1.52. The molecule has 3 heteroatoms. The number of esters is 1. The van der Waals surface area contributed by atoms with E-state index >= 15 is 0 Å². The zero-order valence-corrected chi connectivity index (χ0v) is 10.1. The summed E-state index contributed by atoms with van der Waals surface area (Å²) in [5.41, 5.74) is 0.926. The van der Waals surface area contributed by atoms with Crippen LogP contribution in [0.4, 0.5) is 0 Å². The lowest BCUT2D eigenvalue weighted by Crippen LogP contribution is -2.06. The Morgan fingerprint density at radius 2 is 2.12 bits per heavy atom. The predicted molar refractivity (Wildman–Crippen MR) is 66.3 cm³/mol. The summed E-state index contributed by atoms with van der Waals surface area (Å²) in [6.07, 6.45) is 5.02. The summed E-state index contributed by atoms with van der Waals surface area (Å²) in [5, 5.41) is 0. The number of hydrogen-bond donors (Lipinski definition) is 0. The van der Waals surface area contributed by atoms with Crippen LogP contribution in [-0.4, -0.2) is 18.9 Å². The van der Waals surface area contributed by atoms with Gasteiger partial charge in [0.25, 0.3) is 0 Å². The second-order valence-electron chi connectivity index (χ2n) is 3.94. The van der Waals surface area contributed by atoms with E-state index in [2.05, 4.69) is 6.92 Å². The van der Waals surface area contributed by atoms with Gasteiger partial charge in [-0.15, -0.1) is 0 Å². The third kappa shape index (κ3) is 4.81. The van der Waals surface area contributed by atoms with Gasteiger partial charge in [-0.05, 0) is 18.6 Å². The summed E-state index contributed by atoms with van der Waals surface area (Å²) in [4.78, 5) is 22.2. The Bertz CT molecular complexity index is 371. The molecular formula is C14H18O3. The topological polar surface area (TPSA) is 43.4 Å². The van der Waals surface area contributed by atoms with E-state index in [1.165, 1.54) is 0 Å². The largest absolute Gasteiger partial charge is 0.462 e. The lowest BCUT2D eigenvalue weighted by molar-refractivity contribution is 0.0498. The van der Waals surface area contributed by atoms with E-state index in [0.717, 1.165) is 32.0 Å². The van der Waals surface area contributed by atoms with Crippen molar-refractivity contribution in [2.24, 2.45) is 0 Å². The van der Waals surface area contributed by atoms with Crippen LogP contribution in [0.3, 0.4) is 0 Å². The third-order valence-electron chi connectivity index (χ3n) is 2.49. The maximum Gasteiger partial charge on any atom is 0.338 e. The van der Waals surface area contributed by atoms with E-state index in [0.29, 0.717) is 17.7 Å². The highest BCUT2D eigenvalue weighted by Crippen LogP contribution is 2.06. The van der Waals surface area contributed by atoms with Crippen LogP contribution in [0, 0.1) is 0 Å². The molecule has 0 aromatic heterocycles. The molecule has 0 atom stereocenters. The third-order valence-corrected chi connectivity index (χ3v) is 2.49. The summed E-state index contributed by atoms with van der Waals surface area (Å²) in [5.74, 6) is -0.356. The molecular weight excluding hydrogens is 216 g/mol. The molecule has 1 aromatic carbocycles. The number of unbranched alkanes of at least 4 members (excludes halogenated alkanes) is 3. The van der Waals surface area contributed by atoms with E-state index in [4.69, 9.17) is 4.74 Å². The average molecular weight is 234 g/mol. The van der Waals surface area contributed by atoms with Gasteiger partial charge in [-0.2, -0.15) is 0 Å². The quantitative estimate of drug-likeness (QED) is 0.413. The molecule has 0 N–H and O–H groups in total. The molecule has 0 unspecified atom stereocenters. The fraction of sp³-hybridized carbons (Fsp3) is 0.429. The van der Waals surface area contributed by atoms with Crippen molar-refractivity contribution in [3.05, 3.63) is 35.4 Å². The molecule has 1 rings (SSSR count). The van der Waals surface area contributed by atoms with Gasteiger partial charge in [-0.3, -0.25) is 4.79 Å². The van der Waals surface area contributed by atoms with Gasteiger partial charge in [0, 0.05) is 5.56 Å². The molecule has 0 bridgehead atoms. The van der Waals surface area contributed by atoms with Crippen LogP contribution < -0.4 is 0 Å². The molecule has 0 heterocycles. The summed E-state index contributed by atoms with van der Waals surface area (Å²) in [6, 6.07) is 6.53. The first-order chi connectivity index (χ1) is 8.27. The van der Waals surface area contributed by atoms with Crippen LogP contribution in [0.1, 0.15) is 53.3 Å². The fourth-order valence-electron chi connectivity index (χ4n) is 1.52. The molecule has 0 fully saturated rings. The maximum absolute atomic E-state index is 11.6. The van der Waals surface area contributed by atoms with Crippen molar-refractivity contribution >= 4 is 12.3 Å². The summed E-state index contributed by atoms with van der Waals surface area (Å²) >= 11 is 0. The molecule has 0 aliphatic heterocycles. The SMILES string of the molecule is CCCCCCOC(=O)c1cccc(C=O)c1. The molecule has 1 aromatic rings. The lowest BCUT2D eigenvalue weighted by Gasteiger charge is -2.04. The second-order valence-corrected chi connectivity index (χ2v) is 3.94. The zero-order chi connectivity index (χ0) is 12.5. The van der Waals surface area contributed by atoms with Crippen molar-refractivity contribution in [1.29, 1.82) is 0 Å². The Hall–Kier alpha value is -1.64. The smallest absolute Gasteiger partial charge is 0.338 e. The van der Waals surface area contributed by atoms with Crippen LogP contribution in [0.15, 0.2) is 24.3 Å². The number of hydrogen-bond acceptors (Lipinski definition) is 3. The van der Waals surface area contributed by atoms with Gasteiger partial charge in [0.05, 0.1) is 12.2 Å². The molecule has 3 nitrogen and oxygen atoms in total. The van der Waals surface area contributed by atoms with Crippen LogP contribution in [0.5, 0.6) is 0 Å². The Labute approximate surface area is 102 Å². The lowest BCUT2D eigenvalue weighted by atomic mass is 10.1. The Morgan fingerprint density at radius 1 is 1.29 bits per heavy atom. The predicted octanol–water partition coefficient (Wildman–Crippen LogP) is 3.24. The van der Waals surface area contributed by atoms with Crippen LogP contribution in [0.2, 0.25) is 0 Å². The first-order valence-electron chi connectivity index (χ1n) is 6.00. The standard InChI is InChI=1S/C14H18O3/c1-2-3-4-5-9-17-14(16)13-8-6-7-12(10-13)11-15/h6-8,10-11H,2-5,9H2,1H3. The minimum atomic E-state index is -0.356. The molecule has 0 radical (unpaired) electrons. The zero-order valence-electron chi connectivity index (χ0n) is 10.1. The number of carbonyl (C=O) groups is 2. The van der Waals surface area contributed by atoms with Crippen LogP contribution in [-0.2, 0) is 4.74 Å². The molecule has 17 heavy (non-hydrogen) atoms. The number of benzene rings is 1. The van der Waals surface area contributed by atoms with Gasteiger partial charge in [-0.1, -0.05) is 38.3 Å². The van der Waals surface area contributed by atoms with Gasteiger partial charge in [-0.25, -0.2) is 4.79 Å². The van der Waals surface area contributed by atoms with E-state index in [-0.39, 0.29) is 5.97 Å². The molecule has 0 spiro atoms. The van der Waals surface area contributed by atoms with E-state index in [1.54, 1.807) is 24.3 Å². The van der Waals surface area contributed by atoms with E-state index < -0.39 is 0 Å². The summed E-state index contributed by atoms with van der Waals surface area (Å²) in [6.45, 7) is 2.58. The van der Waals surface area contributed by atoms with Crippen molar-refractivity contribution in [1.82, 2.24) is 0 Å². The van der Waals surface area contributed by atoms with Crippen molar-refractivity contribution in [3.8, 4) is 0 Å². The van der Waals surface area contributed by atoms with Crippen molar-refractivity contribution in [2.45, 2.75) is 32.6 Å². The molecule has 92 valence electrons. The molecule has 0 aliphatic rings. The highest BCUT2D eigenvalue weighted by atomic mass is 16.5. The van der Waals surface area contributed by atoms with Gasteiger partial charge >= 0.3 is 5.97 Å². The average Bonchev–Trinajstić information content (AvgIpc) is 2.38. The van der Waals surface area contributed by atoms with Gasteiger partial charge < -0.3 is 4.74 Å². The van der Waals surface area contributed by atoms with Gasteiger partial charge in [0.2, 0.25) is 0 Å². The highest BCUT2D eigenvalue weighted by Gasteiger charge is 2.06. The molecule has 0 amide bonds. The Kier molecular flexibility index (Phi) is 6.00. The van der Waals surface area contributed by atoms with Crippen LogP contribution in [0.25, 0.3) is 0 Å². The number of ether oxygens (including phenoxy) is 1. The first kappa shape index (κ1) is 13.4. The molecule has 0 saturated heterocycles. The van der Waals surface area contributed by atoms with Gasteiger partial charge in [0.1, 0.15) is 6.29 Å². The minimum Gasteiger partial charge on any atom is -0.462 e. The summed E-state index contributed by atoms with van der Waals surface area (Å²) < 4.78 is 5.12. The first-order valence-corrected chi connectivity index (χ1v) is 6.00. The normalized spacial score (nSPS) is 9.94. The number of carbonyl (C=O) groups excluding carboxylic acids is 2. The summed E-state index contributed by atoms with van der Waals surface area (Å²) in [7, 11) is 0. The van der Waals surface area contributed by atoms with Crippen molar-refractivity contribution in [2.75, 3.05) is 6.61 Å². The minimum absolute atomic E-state index is 0.356. The molecule has 0 aliphatic carbocycles. The monoisotopic (exact) mass is 234 g/mol. The van der Waals surface area contributed by atoms with Crippen molar-refractivity contribution < 1.29 is 14.3 Å². The van der Waals surface area contributed by atoms with Gasteiger partial charge in [0.15, 0.2) is 0 Å². The number of aldehydes is 1. The molecule has 0 saturated carbocycles. The maximum atomic E-state index is 11.6. The van der Waals surface area contributed by atoms with E-state index in [1.807, 2.05) is 0 Å². The Morgan fingerprint density at radius 3 is 2.82 bits per heavy atom. The Balaban J connectivity index is 2.38. The van der Waals surface area contributed by atoms with E-state index in [9.17, 15) is 9.59 Å².